The number of ether oxygens (including phenoxy) is 1. The van der Waals surface area contributed by atoms with Crippen LogP contribution in [0.2, 0.25) is 0 Å². The average Bonchev–Trinajstić information content (AvgIpc) is 2.98. The van der Waals surface area contributed by atoms with Crippen molar-refractivity contribution in [1.82, 2.24) is 19.4 Å². The van der Waals surface area contributed by atoms with Crippen molar-refractivity contribution in [3.63, 3.8) is 0 Å². The predicted octanol–water partition coefficient (Wildman–Crippen LogP) is 4.52. The molecule has 0 N–H and O–H groups in total. The highest BCUT2D eigenvalue weighted by Crippen LogP contribution is 2.28. The first kappa shape index (κ1) is 29.9. The van der Waals surface area contributed by atoms with Crippen molar-refractivity contribution in [2.24, 2.45) is 0 Å². The fraction of sp³-hybridized carbons (Fsp3) is 0.515. The van der Waals surface area contributed by atoms with Gasteiger partial charge in [0.15, 0.2) is 0 Å². The fourth-order valence-electron chi connectivity index (χ4n) is 6.12. The summed E-state index contributed by atoms with van der Waals surface area (Å²) in [5, 5.41) is 0. The van der Waals surface area contributed by atoms with E-state index in [4.69, 9.17) is 4.74 Å². The largest absolute Gasteiger partial charge is 0.379 e. The molecule has 0 spiro atoms. The molecule has 0 atom stereocenters. The molecule has 3 aromatic rings. The molecule has 2 amide bonds. The number of carbonyl (C=O) groups excluding carboxylic acids is 2. The lowest BCUT2D eigenvalue weighted by atomic mass is 10.0. The van der Waals surface area contributed by atoms with E-state index in [1.54, 1.807) is 30.5 Å². The number of hydrogen-bond donors (Lipinski definition) is 0. The zero-order chi connectivity index (χ0) is 29.6. The summed E-state index contributed by atoms with van der Waals surface area (Å²) in [7, 11) is 0. The summed E-state index contributed by atoms with van der Waals surface area (Å²) in [6.45, 7) is 11.6. The van der Waals surface area contributed by atoms with Gasteiger partial charge in [-0.15, -0.1) is 0 Å². The van der Waals surface area contributed by atoms with Gasteiger partial charge in [-0.05, 0) is 62.1 Å². The lowest BCUT2D eigenvalue weighted by molar-refractivity contribution is -0.116. The number of aryl methyl sites for hydroxylation is 2. The number of benzene rings is 2. The molecule has 3 heterocycles. The first-order valence-electron chi connectivity index (χ1n) is 15.4. The molecule has 0 saturated carbocycles. The number of morpholine rings is 1. The first-order valence-corrected chi connectivity index (χ1v) is 15.4. The Morgan fingerprint density at radius 1 is 0.929 bits per heavy atom. The Hall–Kier alpha value is -3.56. The maximum Gasteiger partial charge on any atom is 0.272 e. The van der Waals surface area contributed by atoms with Gasteiger partial charge in [-0.25, -0.2) is 4.98 Å². The molecule has 0 aliphatic carbocycles. The molecule has 42 heavy (non-hydrogen) atoms. The minimum absolute atomic E-state index is 0.0210. The summed E-state index contributed by atoms with van der Waals surface area (Å²) in [5.41, 5.74) is 5.27. The summed E-state index contributed by atoms with van der Waals surface area (Å²) >= 11 is 0. The van der Waals surface area contributed by atoms with Crippen LogP contribution >= 0.6 is 0 Å². The third kappa shape index (κ3) is 6.73. The summed E-state index contributed by atoms with van der Waals surface area (Å²) in [4.78, 5) is 50.3. The molecule has 2 aliphatic heterocycles. The minimum Gasteiger partial charge on any atom is -0.379 e. The van der Waals surface area contributed by atoms with Gasteiger partial charge >= 0.3 is 0 Å². The predicted molar refractivity (Wildman–Crippen MR) is 165 cm³/mol. The molecule has 9 heteroatoms. The molecule has 224 valence electrons. The summed E-state index contributed by atoms with van der Waals surface area (Å²) in [5.74, 6) is -0.0481. The van der Waals surface area contributed by atoms with E-state index in [0.29, 0.717) is 43.0 Å². The molecule has 1 saturated heterocycles. The van der Waals surface area contributed by atoms with E-state index in [1.807, 2.05) is 22.8 Å². The van der Waals surface area contributed by atoms with Gasteiger partial charge in [0.1, 0.15) is 5.69 Å². The molecular weight excluding hydrogens is 530 g/mol. The molecular formula is C33H43N5O4. The van der Waals surface area contributed by atoms with Gasteiger partial charge in [0.25, 0.3) is 11.5 Å². The van der Waals surface area contributed by atoms with Gasteiger partial charge in [-0.2, -0.15) is 0 Å². The van der Waals surface area contributed by atoms with Crippen LogP contribution in [-0.4, -0.2) is 70.6 Å². The van der Waals surface area contributed by atoms with Crippen molar-refractivity contribution in [3.8, 4) is 0 Å². The van der Waals surface area contributed by atoms with Crippen LogP contribution in [0, 0.1) is 6.92 Å². The van der Waals surface area contributed by atoms with E-state index in [9.17, 15) is 14.4 Å². The SMILES string of the molecule is CCn1c(=O)c(C)nc2cc(C(=O)N3CCCCCCCN(C(C)=O)c4cc(CN5CCOCC5)ccc4C3)ccc21. The molecule has 9 nitrogen and oxygen atoms in total. The zero-order valence-corrected chi connectivity index (χ0v) is 25.2. The normalized spacial score (nSPS) is 17.4. The number of anilines is 1. The van der Waals surface area contributed by atoms with Crippen LogP contribution in [0.5, 0.6) is 0 Å². The van der Waals surface area contributed by atoms with Gasteiger partial charge in [0.05, 0.1) is 24.2 Å². The Morgan fingerprint density at radius 3 is 2.40 bits per heavy atom. The second kappa shape index (κ2) is 13.6. The smallest absolute Gasteiger partial charge is 0.272 e. The van der Waals surface area contributed by atoms with E-state index in [2.05, 4.69) is 28.1 Å². The Bertz CT molecular complexity index is 1490. The topological polar surface area (TPSA) is 88.0 Å². The van der Waals surface area contributed by atoms with Crippen molar-refractivity contribution in [1.29, 1.82) is 0 Å². The van der Waals surface area contributed by atoms with E-state index in [0.717, 1.165) is 87.3 Å². The van der Waals surface area contributed by atoms with Crippen LogP contribution in [0.25, 0.3) is 11.0 Å². The van der Waals surface area contributed by atoms with E-state index < -0.39 is 0 Å². The highest BCUT2D eigenvalue weighted by molar-refractivity contribution is 5.97. The lowest BCUT2D eigenvalue weighted by Gasteiger charge is -2.30. The third-order valence-electron chi connectivity index (χ3n) is 8.46. The van der Waals surface area contributed by atoms with Crippen LogP contribution in [0.4, 0.5) is 5.69 Å². The molecule has 1 fully saturated rings. The number of amides is 2. The number of aromatic nitrogens is 2. The number of rotatable bonds is 4. The number of hydrogen-bond acceptors (Lipinski definition) is 6. The standard InChI is InChI=1S/C33H43N5O4/c1-4-37-30-13-12-27(21-29(30)34-24(2)32(37)40)33(41)36-14-8-6-5-7-9-15-38(25(3)39)31-20-26(10-11-28(31)23-36)22-35-16-18-42-19-17-35/h10-13,20-21H,4-9,14-19,22-23H2,1-3H3. The average molecular weight is 574 g/mol. The van der Waals surface area contributed by atoms with Crippen LogP contribution < -0.4 is 10.5 Å². The molecule has 5 rings (SSSR count). The van der Waals surface area contributed by atoms with Crippen molar-refractivity contribution < 1.29 is 14.3 Å². The number of carbonyl (C=O) groups is 2. The lowest BCUT2D eigenvalue weighted by Crippen LogP contribution is -2.36. The summed E-state index contributed by atoms with van der Waals surface area (Å²) < 4.78 is 7.22. The second-order valence-corrected chi connectivity index (χ2v) is 11.5. The van der Waals surface area contributed by atoms with Gasteiger partial charge in [-0.1, -0.05) is 31.4 Å². The molecule has 2 aliphatic rings. The summed E-state index contributed by atoms with van der Waals surface area (Å²) in [6, 6.07) is 11.8. The van der Waals surface area contributed by atoms with E-state index in [1.165, 1.54) is 0 Å². The number of fused-ring (bicyclic) bond motifs is 2. The Balaban J connectivity index is 1.50. The molecule has 0 radical (unpaired) electrons. The Labute approximate surface area is 248 Å². The first-order chi connectivity index (χ1) is 20.4. The van der Waals surface area contributed by atoms with Crippen LogP contribution in [0.15, 0.2) is 41.2 Å². The Kier molecular flexibility index (Phi) is 9.69. The van der Waals surface area contributed by atoms with Crippen molar-refractivity contribution in [2.75, 3.05) is 44.3 Å². The van der Waals surface area contributed by atoms with E-state index >= 15 is 0 Å². The fourth-order valence-corrected chi connectivity index (χ4v) is 6.12. The minimum atomic E-state index is -0.105. The zero-order valence-electron chi connectivity index (χ0n) is 25.2. The quantitative estimate of drug-likeness (QED) is 0.456. The van der Waals surface area contributed by atoms with Gasteiger partial charge in [0.2, 0.25) is 5.91 Å². The molecule has 1 aromatic heterocycles. The molecule has 0 unspecified atom stereocenters. The van der Waals surface area contributed by atoms with Gasteiger partial charge in [0, 0.05) is 64.0 Å². The van der Waals surface area contributed by atoms with E-state index in [-0.39, 0.29) is 17.4 Å². The second-order valence-electron chi connectivity index (χ2n) is 11.5. The van der Waals surface area contributed by atoms with Gasteiger partial charge < -0.3 is 19.1 Å². The van der Waals surface area contributed by atoms with Crippen molar-refractivity contribution >= 4 is 28.5 Å². The highest BCUT2D eigenvalue weighted by Gasteiger charge is 2.23. The van der Waals surface area contributed by atoms with Crippen molar-refractivity contribution in [2.45, 2.75) is 72.5 Å². The maximum atomic E-state index is 14.1. The highest BCUT2D eigenvalue weighted by atomic mass is 16.5. The monoisotopic (exact) mass is 573 g/mol. The summed E-state index contributed by atoms with van der Waals surface area (Å²) in [6.07, 6.45) is 5.05. The maximum absolute atomic E-state index is 14.1. The molecule has 2 aromatic carbocycles. The van der Waals surface area contributed by atoms with Gasteiger partial charge in [-0.3, -0.25) is 19.3 Å². The molecule has 0 bridgehead atoms. The van der Waals surface area contributed by atoms with Crippen molar-refractivity contribution in [3.05, 3.63) is 69.1 Å². The third-order valence-corrected chi connectivity index (χ3v) is 8.46. The number of nitrogens with zero attached hydrogens (tertiary/aromatic N) is 5. The Morgan fingerprint density at radius 2 is 1.67 bits per heavy atom. The van der Waals surface area contributed by atoms with Crippen LogP contribution in [0.1, 0.15) is 73.1 Å². The van der Waals surface area contributed by atoms with Crippen LogP contribution in [-0.2, 0) is 29.2 Å². The van der Waals surface area contributed by atoms with Crippen LogP contribution in [0.3, 0.4) is 0 Å².